The number of pyridine rings is 1. The molecule has 0 fully saturated rings. The zero-order valence-corrected chi connectivity index (χ0v) is 13.3. The van der Waals surface area contributed by atoms with E-state index in [1.165, 1.54) is 11.1 Å². The maximum atomic E-state index is 12.4. The van der Waals surface area contributed by atoms with Gasteiger partial charge in [0.05, 0.1) is 11.7 Å². The van der Waals surface area contributed by atoms with Crippen molar-refractivity contribution in [2.45, 2.75) is 19.0 Å². The van der Waals surface area contributed by atoms with Gasteiger partial charge in [0.1, 0.15) is 0 Å². The lowest BCUT2D eigenvalue weighted by Crippen LogP contribution is -2.49. The fraction of sp³-hybridized carbons (Fsp3) is 0.333. The molecule has 0 radical (unpaired) electrons. The number of benzene rings is 1. The van der Waals surface area contributed by atoms with E-state index in [0.29, 0.717) is 13.1 Å². The third-order valence-corrected chi connectivity index (χ3v) is 4.20. The van der Waals surface area contributed by atoms with Crippen LogP contribution in [0, 0.1) is 0 Å². The Kier molecular flexibility index (Phi) is 4.88. The van der Waals surface area contributed by atoms with Gasteiger partial charge in [-0.05, 0) is 36.7 Å². The highest BCUT2D eigenvalue weighted by Crippen LogP contribution is 2.21. The van der Waals surface area contributed by atoms with Gasteiger partial charge in [-0.2, -0.15) is 0 Å². The molecule has 1 aliphatic rings. The van der Waals surface area contributed by atoms with E-state index in [1.807, 2.05) is 25.2 Å². The van der Waals surface area contributed by atoms with Crippen LogP contribution in [0.3, 0.4) is 0 Å². The Morgan fingerprint density at radius 1 is 1.22 bits per heavy atom. The number of nitrogens with one attached hydrogen (secondary N) is 2. The Hall–Kier alpha value is -2.40. The van der Waals surface area contributed by atoms with Gasteiger partial charge in [-0.1, -0.05) is 24.3 Å². The fourth-order valence-electron chi connectivity index (χ4n) is 2.92. The van der Waals surface area contributed by atoms with Crippen LogP contribution in [0.1, 0.15) is 11.1 Å². The molecular weight excluding hydrogens is 288 g/mol. The van der Waals surface area contributed by atoms with Crippen LogP contribution in [0.15, 0.2) is 48.8 Å². The predicted octanol–water partition coefficient (Wildman–Crippen LogP) is 1.67. The van der Waals surface area contributed by atoms with E-state index in [2.05, 4.69) is 38.7 Å². The van der Waals surface area contributed by atoms with Gasteiger partial charge >= 0.3 is 0 Å². The van der Waals surface area contributed by atoms with Crippen molar-refractivity contribution in [2.75, 3.05) is 25.5 Å². The molecular formula is C18H22N4O. The molecule has 1 aromatic carbocycles. The van der Waals surface area contributed by atoms with Crippen LogP contribution in [0.2, 0.25) is 0 Å². The maximum absolute atomic E-state index is 12.4. The van der Waals surface area contributed by atoms with Gasteiger partial charge < -0.3 is 10.6 Å². The van der Waals surface area contributed by atoms with Crippen LogP contribution >= 0.6 is 0 Å². The Morgan fingerprint density at radius 3 is 2.83 bits per heavy atom. The van der Waals surface area contributed by atoms with E-state index >= 15 is 0 Å². The number of anilines is 1. The number of hydrogen-bond donors (Lipinski definition) is 2. The summed E-state index contributed by atoms with van der Waals surface area (Å²) in [4.78, 5) is 18.6. The molecule has 2 N–H and O–H groups in total. The maximum Gasteiger partial charge on any atom is 0.237 e. The number of likely N-dealkylation sites (N-methyl/N-ethyl adjacent to an activating group) is 1. The minimum absolute atomic E-state index is 0.0926. The average molecular weight is 310 g/mol. The van der Waals surface area contributed by atoms with E-state index in [0.717, 1.165) is 18.7 Å². The van der Waals surface area contributed by atoms with Crippen molar-refractivity contribution < 1.29 is 4.79 Å². The number of hydrogen-bond acceptors (Lipinski definition) is 4. The van der Waals surface area contributed by atoms with Crippen molar-refractivity contribution in [2.24, 2.45) is 0 Å². The highest BCUT2D eigenvalue weighted by atomic mass is 16.2. The standard InChI is InChI=1S/C18H22N4O/c1-22-13-15-6-3-2-5-14(15)11-17(22)18(23)21-10-9-20-16-7-4-8-19-12-16/h2-8,12,17,20H,9-11,13H2,1H3,(H,21,23). The summed E-state index contributed by atoms with van der Waals surface area (Å²) in [5, 5.41) is 6.26. The molecule has 1 unspecified atom stereocenters. The van der Waals surface area contributed by atoms with Crippen molar-refractivity contribution in [1.82, 2.24) is 15.2 Å². The predicted molar refractivity (Wildman–Crippen MR) is 91.1 cm³/mol. The summed E-state index contributed by atoms with van der Waals surface area (Å²) >= 11 is 0. The monoisotopic (exact) mass is 310 g/mol. The summed E-state index contributed by atoms with van der Waals surface area (Å²) < 4.78 is 0. The van der Waals surface area contributed by atoms with Crippen molar-refractivity contribution >= 4 is 11.6 Å². The van der Waals surface area contributed by atoms with E-state index in [-0.39, 0.29) is 11.9 Å². The molecule has 0 bridgehead atoms. The molecule has 0 spiro atoms. The zero-order valence-electron chi connectivity index (χ0n) is 13.3. The smallest absolute Gasteiger partial charge is 0.237 e. The SMILES string of the molecule is CN1Cc2ccccc2CC1C(=O)NCCNc1cccnc1. The molecule has 2 heterocycles. The number of carbonyl (C=O) groups is 1. The first-order valence-corrected chi connectivity index (χ1v) is 7.92. The van der Waals surface area contributed by atoms with Gasteiger partial charge in [-0.25, -0.2) is 0 Å². The molecule has 23 heavy (non-hydrogen) atoms. The highest BCUT2D eigenvalue weighted by molar-refractivity contribution is 5.82. The van der Waals surface area contributed by atoms with Crippen LogP contribution < -0.4 is 10.6 Å². The van der Waals surface area contributed by atoms with E-state index < -0.39 is 0 Å². The molecule has 0 saturated heterocycles. The largest absolute Gasteiger partial charge is 0.382 e. The molecule has 120 valence electrons. The van der Waals surface area contributed by atoms with E-state index in [1.54, 1.807) is 12.4 Å². The Labute approximate surface area is 136 Å². The summed E-state index contributed by atoms with van der Waals surface area (Å²) in [6, 6.07) is 12.1. The molecule has 1 aromatic heterocycles. The highest BCUT2D eigenvalue weighted by Gasteiger charge is 2.28. The lowest BCUT2D eigenvalue weighted by Gasteiger charge is -2.33. The second kappa shape index (κ2) is 7.24. The summed E-state index contributed by atoms with van der Waals surface area (Å²) in [5.41, 5.74) is 3.56. The molecule has 1 amide bonds. The average Bonchev–Trinajstić information content (AvgIpc) is 2.59. The fourth-order valence-corrected chi connectivity index (χ4v) is 2.92. The zero-order chi connectivity index (χ0) is 16.1. The van der Waals surface area contributed by atoms with E-state index in [9.17, 15) is 4.79 Å². The Bertz CT molecular complexity index is 659. The molecule has 3 rings (SSSR count). The first-order chi connectivity index (χ1) is 11.2. The Balaban J connectivity index is 1.49. The topological polar surface area (TPSA) is 57.3 Å². The van der Waals surface area contributed by atoms with Crippen LogP contribution in [-0.2, 0) is 17.8 Å². The summed E-state index contributed by atoms with van der Waals surface area (Å²) in [6.07, 6.45) is 4.28. The number of rotatable bonds is 5. The van der Waals surface area contributed by atoms with Gasteiger partial charge in [-0.15, -0.1) is 0 Å². The summed E-state index contributed by atoms with van der Waals surface area (Å²) in [5.74, 6) is 0.0926. The Morgan fingerprint density at radius 2 is 2.04 bits per heavy atom. The minimum Gasteiger partial charge on any atom is -0.382 e. The van der Waals surface area contributed by atoms with Gasteiger partial charge in [0, 0.05) is 32.0 Å². The van der Waals surface area contributed by atoms with Crippen LogP contribution in [0.5, 0.6) is 0 Å². The van der Waals surface area contributed by atoms with Gasteiger partial charge in [-0.3, -0.25) is 14.7 Å². The lowest BCUT2D eigenvalue weighted by atomic mass is 9.94. The summed E-state index contributed by atoms with van der Waals surface area (Å²) in [6.45, 7) is 2.10. The number of aromatic nitrogens is 1. The first-order valence-electron chi connectivity index (χ1n) is 7.92. The minimum atomic E-state index is -0.0942. The van der Waals surface area contributed by atoms with Gasteiger partial charge in [0.15, 0.2) is 0 Å². The number of nitrogens with zero attached hydrogens (tertiary/aromatic N) is 2. The first kappa shape index (κ1) is 15.5. The number of fused-ring (bicyclic) bond motifs is 1. The molecule has 0 saturated carbocycles. The van der Waals surface area contributed by atoms with Crippen molar-refractivity contribution in [3.05, 3.63) is 59.9 Å². The van der Waals surface area contributed by atoms with Crippen LogP contribution in [0.4, 0.5) is 5.69 Å². The molecule has 1 atom stereocenters. The molecule has 5 heteroatoms. The van der Waals surface area contributed by atoms with Crippen molar-refractivity contribution in [3.63, 3.8) is 0 Å². The van der Waals surface area contributed by atoms with Crippen LogP contribution in [-0.4, -0.2) is 42.0 Å². The molecule has 1 aliphatic heterocycles. The molecule has 5 nitrogen and oxygen atoms in total. The van der Waals surface area contributed by atoms with Gasteiger partial charge in [0.25, 0.3) is 0 Å². The third kappa shape index (κ3) is 3.87. The van der Waals surface area contributed by atoms with Gasteiger partial charge in [0.2, 0.25) is 5.91 Å². The summed E-state index contributed by atoms with van der Waals surface area (Å²) in [7, 11) is 2.01. The van der Waals surface area contributed by atoms with Crippen LogP contribution in [0.25, 0.3) is 0 Å². The molecule has 0 aliphatic carbocycles. The van der Waals surface area contributed by atoms with E-state index in [4.69, 9.17) is 0 Å². The molecule has 2 aromatic rings. The third-order valence-electron chi connectivity index (χ3n) is 4.20. The van der Waals surface area contributed by atoms with Crippen molar-refractivity contribution in [3.8, 4) is 0 Å². The number of carbonyl (C=O) groups excluding carboxylic acids is 1. The normalized spacial score (nSPS) is 17.3. The van der Waals surface area contributed by atoms with Crippen molar-refractivity contribution in [1.29, 1.82) is 0 Å². The second-order valence-corrected chi connectivity index (χ2v) is 5.86. The quantitative estimate of drug-likeness (QED) is 0.825. The second-order valence-electron chi connectivity index (χ2n) is 5.86. The lowest BCUT2D eigenvalue weighted by molar-refractivity contribution is -0.126. The number of amides is 1.